The van der Waals surface area contributed by atoms with Crippen LogP contribution in [0.1, 0.15) is 0 Å². The van der Waals surface area contributed by atoms with E-state index in [1.165, 1.54) is 0 Å². The smallest absolute Gasteiger partial charge is 0.108 e. The van der Waals surface area contributed by atoms with Crippen molar-refractivity contribution >= 4 is 33.7 Å². The third kappa shape index (κ3) is 1.94. The Labute approximate surface area is 124 Å². The van der Waals surface area contributed by atoms with Crippen molar-refractivity contribution in [1.82, 2.24) is 9.97 Å². The van der Waals surface area contributed by atoms with Gasteiger partial charge in [-0.05, 0) is 35.0 Å². The summed E-state index contributed by atoms with van der Waals surface area (Å²) in [7, 11) is 0. The fraction of sp³-hybridized carbons (Fsp3) is 0. The van der Waals surface area contributed by atoms with Crippen molar-refractivity contribution in [1.29, 1.82) is 0 Å². The van der Waals surface area contributed by atoms with E-state index in [0.29, 0.717) is 0 Å². The molecular weight excluding hydrogens is 284 g/mol. The molecule has 0 spiro atoms. The van der Waals surface area contributed by atoms with Crippen molar-refractivity contribution in [2.45, 2.75) is 0 Å². The van der Waals surface area contributed by atoms with Gasteiger partial charge in [0.05, 0.1) is 20.8 Å². The molecule has 0 aliphatic heterocycles. The molecule has 4 rings (SSSR count). The van der Waals surface area contributed by atoms with Crippen LogP contribution in [0.3, 0.4) is 0 Å². The van der Waals surface area contributed by atoms with Gasteiger partial charge in [-0.3, -0.25) is 0 Å². The van der Waals surface area contributed by atoms with E-state index < -0.39 is 0 Å². The first-order chi connectivity index (χ1) is 9.92. The molecule has 0 atom stereocenters. The lowest BCUT2D eigenvalue weighted by molar-refractivity contribution is 1.31. The molecule has 3 heterocycles. The molecule has 3 aromatic heterocycles. The van der Waals surface area contributed by atoms with Gasteiger partial charge in [0.2, 0.25) is 0 Å². The monoisotopic (exact) mass is 294 g/mol. The molecule has 96 valence electrons. The number of aromatic nitrogens is 2. The number of thiophene rings is 2. The molecule has 4 aromatic rings. The van der Waals surface area contributed by atoms with Crippen LogP contribution in [0, 0.1) is 0 Å². The summed E-state index contributed by atoms with van der Waals surface area (Å²) in [6.45, 7) is 0. The van der Waals surface area contributed by atoms with Crippen molar-refractivity contribution < 1.29 is 0 Å². The summed E-state index contributed by atoms with van der Waals surface area (Å²) in [5.74, 6) is 0. The lowest BCUT2D eigenvalue weighted by atomic mass is 10.2. The molecule has 0 fully saturated rings. The Morgan fingerprint density at radius 1 is 0.600 bits per heavy atom. The summed E-state index contributed by atoms with van der Waals surface area (Å²) in [4.78, 5) is 12.0. The number of para-hydroxylation sites is 2. The van der Waals surface area contributed by atoms with Crippen molar-refractivity contribution in [3.05, 3.63) is 59.3 Å². The summed E-state index contributed by atoms with van der Waals surface area (Å²) >= 11 is 3.40. The quantitative estimate of drug-likeness (QED) is 0.515. The van der Waals surface area contributed by atoms with Crippen molar-refractivity contribution in [3.63, 3.8) is 0 Å². The molecule has 1 aromatic carbocycles. The summed E-state index contributed by atoms with van der Waals surface area (Å²) < 4.78 is 0. The Hall–Kier alpha value is -2.04. The Balaban J connectivity index is 2.06. The van der Waals surface area contributed by atoms with Gasteiger partial charge in [0.1, 0.15) is 11.4 Å². The second-order valence-corrected chi connectivity index (χ2v) is 6.26. The van der Waals surface area contributed by atoms with E-state index in [1.54, 1.807) is 22.7 Å². The van der Waals surface area contributed by atoms with E-state index in [-0.39, 0.29) is 0 Å². The predicted octanol–water partition coefficient (Wildman–Crippen LogP) is 5.09. The van der Waals surface area contributed by atoms with Crippen LogP contribution in [-0.4, -0.2) is 9.97 Å². The van der Waals surface area contributed by atoms with Crippen LogP contribution in [0.2, 0.25) is 0 Å². The van der Waals surface area contributed by atoms with Crippen molar-refractivity contribution in [2.75, 3.05) is 0 Å². The van der Waals surface area contributed by atoms with Crippen molar-refractivity contribution in [2.24, 2.45) is 0 Å². The van der Waals surface area contributed by atoms with Gasteiger partial charge in [-0.15, -0.1) is 22.7 Å². The zero-order valence-corrected chi connectivity index (χ0v) is 12.1. The van der Waals surface area contributed by atoms with Gasteiger partial charge in [-0.2, -0.15) is 0 Å². The zero-order valence-electron chi connectivity index (χ0n) is 10.5. The Morgan fingerprint density at radius 2 is 1.10 bits per heavy atom. The second-order valence-electron chi connectivity index (χ2n) is 4.36. The highest BCUT2D eigenvalue weighted by molar-refractivity contribution is 7.14. The molecule has 0 bridgehead atoms. The van der Waals surface area contributed by atoms with Crippen LogP contribution in [0.5, 0.6) is 0 Å². The van der Waals surface area contributed by atoms with E-state index in [9.17, 15) is 0 Å². The fourth-order valence-electron chi connectivity index (χ4n) is 2.17. The number of nitrogens with zero attached hydrogens (tertiary/aromatic N) is 2. The number of fused-ring (bicyclic) bond motifs is 1. The van der Waals surface area contributed by atoms with Gasteiger partial charge in [0, 0.05) is 0 Å². The van der Waals surface area contributed by atoms with Crippen LogP contribution in [0.4, 0.5) is 0 Å². The van der Waals surface area contributed by atoms with Crippen LogP contribution in [0.25, 0.3) is 32.2 Å². The molecule has 20 heavy (non-hydrogen) atoms. The fourth-order valence-corrected chi connectivity index (χ4v) is 3.60. The molecule has 0 aliphatic carbocycles. The minimum Gasteiger partial charge on any atom is -0.243 e. The molecule has 0 N–H and O–H groups in total. The predicted molar refractivity (Wildman–Crippen MR) is 86.2 cm³/mol. The largest absolute Gasteiger partial charge is 0.243 e. The van der Waals surface area contributed by atoms with E-state index in [1.807, 2.05) is 24.3 Å². The average Bonchev–Trinajstić information content (AvgIpc) is 3.19. The molecule has 0 amide bonds. The van der Waals surface area contributed by atoms with Gasteiger partial charge in [-0.25, -0.2) is 9.97 Å². The van der Waals surface area contributed by atoms with Crippen molar-refractivity contribution in [3.8, 4) is 21.1 Å². The Kier molecular flexibility index (Phi) is 2.83. The van der Waals surface area contributed by atoms with Crippen LogP contribution < -0.4 is 0 Å². The average molecular weight is 294 g/mol. The number of hydrogen-bond acceptors (Lipinski definition) is 4. The van der Waals surface area contributed by atoms with E-state index in [0.717, 1.165) is 32.2 Å². The van der Waals surface area contributed by atoms with E-state index >= 15 is 0 Å². The van der Waals surface area contributed by atoms with Gasteiger partial charge >= 0.3 is 0 Å². The highest BCUT2D eigenvalue weighted by Gasteiger charge is 2.14. The first kappa shape index (κ1) is 11.8. The molecule has 0 radical (unpaired) electrons. The van der Waals surface area contributed by atoms with Crippen LogP contribution in [0.15, 0.2) is 59.3 Å². The number of rotatable bonds is 2. The highest BCUT2D eigenvalue weighted by atomic mass is 32.1. The maximum Gasteiger partial charge on any atom is 0.108 e. The first-order valence-electron chi connectivity index (χ1n) is 6.26. The number of hydrogen-bond donors (Lipinski definition) is 0. The lowest BCUT2D eigenvalue weighted by Gasteiger charge is -2.07. The van der Waals surface area contributed by atoms with Gasteiger partial charge in [0.15, 0.2) is 0 Å². The minimum atomic E-state index is 0.941. The van der Waals surface area contributed by atoms with Crippen LogP contribution in [-0.2, 0) is 0 Å². The van der Waals surface area contributed by atoms with Gasteiger partial charge in [0.25, 0.3) is 0 Å². The maximum atomic E-state index is 4.83. The highest BCUT2D eigenvalue weighted by Crippen LogP contribution is 2.35. The zero-order chi connectivity index (χ0) is 13.4. The first-order valence-corrected chi connectivity index (χ1v) is 8.02. The summed E-state index contributed by atoms with van der Waals surface area (Å²) in [5, 5.41) is 4.15. The van der Waals surface area contributed by atoms with Gasteiger partial charge < -0.3 is 0 Å². The van der Waals surface area contributed by atoms with Gasteiger partial charge in [-0.1, -0.05) is 24.3 Å². The van der Waals surface area contributed by atoms with E-state index in [2.05, 4.69) is 35.0 Å². The maximum absolute atomic E-state index is 4.83. The minimum absolute atomic E-state index is 0.941. The third-order valence-electron chi connectivity index (χ3n) is 3.08. The standard InChI is InChI=1S/C16H10N2S2/c1-2-6-12-11(5-1)17-15(13-7-3-9-19-13)16(18-12)14-8-4-10-20-14/h1-10H. The normalized spacial score (nSPS) is 11.0. The second kappa shape index (κ2) is 4.81. The number of benzene rings is 1. The molecule has 4 heteroatoms. The molecule has 2 nitrogen and oxygen atoms in total. The Bertz CT molecular complexity index is 777. The summed E-state index contributed by atoms with van der Waals surface area (Å²) in [6, 6.07) is 16.3. The SMILES string of the molecule is c1csc(-c2nc3ccccc3nc2-c2cccs2)c1. The Morgan fingerprint density at radius 3 is 1.50 bits per heavy atom. The molecule has 0 saturated heterocycles. The van der Waals surface area contributed by atoms with Crippen LogP contribution >= 0.6 is 22.7 Å². The summed E-state index contributed by atoms with van der Waals surface area (Å²) in [5.41, 5.74) is 3.83. The molecule has 0 aliphatic rings. The molecular formula is C16H10N2S2. The lowest BCUT2D eigenvalue weighted by Crippen LogP contribution is -1.92. The molecule has 0 saturated carbocycles. The summed E-state index contributed by atoms with van der Waals surface area (Å²) in [6.07, 6.45) is 0. The van der Waals surface area contributed by atoms with E-state index in [4.69, 9.17) is 9.97 Å². The topological polar surface area (TPSA) is 25.8 Å². The third-order valence-corrected chi connectivity index (χ3v) is 4.83. The molecule has 0 unspecified atom stereocenters.